The number of nitrogens with zero attached hydrogens (tertiary/aromatic N) is 1. The number of carbonyl (C=O) groups excluding carboxylic acids is 4. The molecule has 28 heavy (non-hydrogen) atoms. The second-order valence-electron chi connectivity index (χ2n) is 6.98. The summed E-state index contributed by atoms with van der Waals surface area (Å²) in [6.45, 7) is 0.857. The first-order chi connectivity index (χ1) is 13.3. The van der Waals surface area contributed by atoms with Crippen LogP contribution in [-0.4, -0.2) is 41.2 Å². The predicted molar refractivity (Wildman–Crippen MR) is 103 cm³/mol. The minimum absolute atomic E-state index is 0.174. The van der Waals surface area contributed by atoms with Gasteiger partial charge in [0.05, 0.1) is 27.6 Å². The van der Waals surface area contributed by atoms with Crippen molar-refractivity contribution in [2.24, 2.45) is 11.8 Å². The normalized spacial score (nSPS) is 22.6. The van der Waals surface area contributed by atoms with Crippen molar-refractivity contribution in [1.82, 2.24) is 4.90 Å². The molecule has 0 bridgehead atoms. The molecular formula is C19H20Cl2N2O5. The average Bonchev–Trinajstić information content (AvgIpc) is 2.94. The molecule has 0 aromatic heterocycles. The van der Waals surface area contributed by atoms with Crippen molar-refractivity contribution in [3.05, 3.63) is 28.2 Å². The highest BCUT2D eigenvalue weighted by atomic mass is 35.5. The van der Waals surface area contributed by atoms with Gasteiger partial charge in [-0.3, -0.25) is 19.3 Å². The van der Waals surface area contributed by atoms with Gasteiger partial charge in [-0.25, -0.2) is 4.79 Å². The van der Waals surface area contributed by atoms with Crippen molar-refractivity contribution >= 4 is 52.6 Å². The first kappa shape index (κ1) is 20.6. The summed E-state index contributed by atoms with van der Waals surface area (Å²) in [4.78, 5) is 50.4. The first-order valence-corrected chi connectivity index (χ1v) is 9.84. The maximum absolute atomic E-state index is 12.5. The molecule has 0 radical (unpaired) electrons. The third-order valence-electron chi connectivity index (χ3n) is 5.17. The van der Waals surface area contributed by atoms with Gasteiger partial charge in [-0.1, -0.05) is 42.1 Å². The van der Waals surface area contributed by atoms with Crippen LogP contribution in [0.25, 0.3) is 0 Å². The molecule has 3 amide bonds. The number of amides is 3. The Morgan fingerprint density at radius 2 is 1.79 bits per heavy atom. The van der Waals surface area contributed by atoms with E-state index in [0.29, 0.717) is 12.8 Å². The lowest BCUT2D eigenvalue weighted by atomic mass is 9.81. The molecule has 0 spiro atoms. The van der Waals surface area contributed by atoms with Gasteiger partial charge in [0, 0.05) is 0 Å². The van der Waals surface area contributed by atoms with Crippen molar-refractivity contribution in [2.75, 3.05) is 11.9 Å². The second kappa shape index (κ2) is 8.49. The molecule has 3 rings (SSSR count). The number of likely N-dealkylation sites (tertiary alicyclic amines) is 1. The maximum Gasteiger partial charge on any atom is 0.329 e. The summed E-state index contributed by atoms with van der Waals surface area (Å²) < 4.78 is 5.00. The quantitative estimate of drug-likeness (QED) is 0.576. The van der Waals surface area contributed by atoms with E-state index in [4.69, 9.17) is 27.9 Å². The molecule has 9 heteroatoms. The molecule has 1 aliphatic heterocycles. The van der Waals surface area contributed by atoms with E-state index in [1.54, 1.807) is 18.2 Å². The zero-order valence-electron chi connectivity index (χ0n) is 15.2. The van der Waals surface area contributed by atoms with Crippen LogP contribution in [0.5, 0.6) is 0 Å². The molecule has 1 N–H and O–H groups in total. The Bertz CT molecular complexity index is 805. The number of ether oxygens (including phenoxy) is 1. The van der Waals surface area contributed by atoms with Crippen LogP contribution >= 0.6 is 23.2 Å². The summed E-state index contributed by atoms with van der Waals surface area (Å²) in [6, 6.07) is 3.67. The van der Waals surface area contributed by atoms with Crippen molar-refractivity contribution < 1.29 is 23.9 Å². The number of anilines is 1. The maximum atomic E-state index is 12.5. The van der Waals surface area contributed by atoms with Crippen molar-refractivity contribution in [2.45, 2.75) is 38.6 Å². The molecule has 3 atom stereocenters. The average molecular weight is 427 g/mol. The summed E-state index contributed by atoms with van der Waals surface area (Å²) in [5.74, 6) is -2.76. The fraction of sp³-hybridized carbons (Fsp3) is 0.474. The summed E-state index contributed by atoms with van der Waals surface area (Å²) >= 11 is 11.9. The fourth-order valence-corrected chi connectivity index (χ4v) is 4.07. The Morgan fingerprint density at radius 1 is 1.18 bits per heavy atom. The number of rotatable bonds is 5. The van der Waals surface area contributed by atoms with Crippen LogP contribution in [0.15, 0.2) is 18.2 Å². The molecule has 7 nitrogen and oxygen atoms in total. The lowest BCUT2D eigenvalue weighted by Gasteiger charge is -2.21. The lowest BCUT2D eigenvalue weighted by molar-refractivity contribution is -0.159. The Balaban J connectivity index is 1.57. The Labute approximate surface area is 172 Å². The Hall–Kier alpha value is -2.12. The number of halogens is 2. The minimum atomic E-state index is -1.08. The van der Waals surface area contributed by atoms with E-state index >= 15 is 0 Å². The number of carbonyl (C=O) groups is 4. The smallest absolute Gasteiger partial charge is 0.329 e. The van der Waals surface area contributed by atoms with Gasteiger partial charge in [0.15, 0.2) is 6.61 Å². The number of fused-ring (bicyclic) bond motifs is 1. The van der Waals surface area contributed by atoms with E-state index in [2.05, 4.69) is 5.32 Å². The largest absolute Gasteiger partial charge is 0.454 e. The topological polar surface area (TPSA) is 92.8 Å². The van der Waals surface area contributed by atoms with Crippen molar-refractivity contribution in [3.63, 3.8) is 0 Å². The molecule has 150 valence electrons. The number of nitrogens with one attached hydrogen (secondary N) is 1. The zero-order chi connectivity index (χ0) is 20.4. The molecule has 2 fully saturated rings. The molecule has 1 aromatic carbocycles. The van der Waals surface area contributed by atoms with E-state index in [0.717, 1.165) is 17.7 Å². The predicted octanol–water partition coefficient (Wildman–Crippen LogP) is 3.04. The first-order valence-electron chi connectivity index (χ1n) is 9.08. The van der Waals surface area contributed by atoms with Gasteiger partial charge in [-0.15, -0.1) is 0 Å². The molecule has 1 saturated carbocycles. The fourth-order valence-electron chi connectivity index (χ4n) is 3.72. The van der Waals surface area contributed by atoms with Crippen LogP contribution in [0.4, 0.5) is 5.69 Å². The second-order valence-corrected chi connectivity index (χ2v) is 7.76. The zero-order valence-corrected chi connectivity index (χ0v) is 16.8. The van der Waals surface area contributed by atoms with Crippen LogP contribution in [0.3, 0.4) is 0 Å². The monoisotopic (exact) mass is 426 g/mol. The summed E-state index contributed by atoms with van der Waals surface area (Å²) in [5, 5.41) is 2.94. The lowest BCUT2D eigenvalue weighted by Crippen LogP contribution is -2.45. The standard InChI is InChI=1S/C19H20Cl2N2O5/c1-10(23-17(25)11-5-2-3-6-12(11)18(23)26)19(27)28-9-15(24)22-14-8-4-7-13(20)16(14)21/h4,7-8,10-12H,2-3,5-6,9H2,1H3,(H,22,24)/t10-,11?,12?/m0/s1. The van der Waals surface area contributed by atoms with E-state index in [-0.39, 0.29) is 39.4 Å². The molecule has 1 heterocycles. The van der Waals surface area contributed by atoms with Crippen molar-refractivity contribution in [3.8, 4) is 0 Å². The van der Waals surface area contributed by atoms with Gasteiger partial charge >= 0.3 is 5.97 Å². The van der Waals surface area contributed by atoms with Gasteiger partial charge in [0.25, 0.3) is 5.91 Å². The third-order valence-corrected chi connectivity index (χ3v) is 5.99. The van der Waals surface area contributed by atoms with E-state index < -0.39 is 24.5 Å². The molecule has 1 saturated heterocycles. The van der Waals surface area contributed by atoms with E-state index in [9.17, 15) is 19.2 Å². The van der Waals surface area contributed by atoms with Crippen LogP contribution in [0.2, 0.25) is 10.0 Å². The van der Waals surface area contributed by atoms with Crippen molar-refractivity contribution in [1.29, 1.82) is 0 Å². The van der Waals surface area contributed by atoms with Gasteiger partial charge in [0.2, 0.25) is 11.8 Å². The highest BCUT2D eigenvalue weighted by Gasteiger charge is 2.51. The molecule has 2 aliphatic rings. The van der Waals surface area contributed by atoms with E-state index in [1.807, 2.05) is 0 Å². The number of esters is 1. The van der Waals surface area contributed by atoms with Crippen LogP contribution in [0.1, 0.15) is 32.6 Å². The number of imide groups is 1. The number of hydrogen-bond acceptors (Lipinski definition) is 5. The minimum Gasteiger partial charge on any atom is -0.454 e. The highest BCUT2D eigenvalue weighted by Crippen LogP contribution is 2.39. The van der Waals surface area contributed by atoms with Gasteiger partial charge in [-0.2, -0.15) is 0 Å². The number of benzene rings is 1. The Morgan fingerprint density at radius 3 is 2.39 bits per heavy atom. The highest BCUT2D eigenvalue weighted by molar-refractivity contribution is 6.44. The van der Waals surface area contributed by atoms with E-state index in [1.165, 1.54) is 6.92 Å². The molecular weight excluding hydrogens is 407 g/mol. The summed E-state index contributed by atoms with van der Waals surface area (Å²) in [5.41, 5.74) is 0.289. The molecule has 2 unspecified atom stereocenters. The van der Waals surface area contributed by atoms with Gasteiger partial charge < -0.3 is 10.1 Å². The van der Waals surface area contributed by atoms with Crippen LogP contribution in [0, 0.1) is 11.8 Å². The summed E-state index contributed by atoms with van der Waals surface area (Å²) in [6.07, 6.45) is 3.13. The Kier molecular flexibility index (Phi) is 6.25. The summed E-state index contributed by atoms with van der Waals surface area (Å²) in [7, 11) is 0. The van der Waals surface area contributed by atoms with Gasteiger partial charge in [0.1, 0.15) is 6.04 Å². The molecule has 1 aromatic rings. The van der Waals surface area contributed by atoms with Crippen LogP contribution in [-0.2, 0) is 23.9 Å². The van der Waals surface area contributed by atoms with Gasteiger partial charge in [-0.05, 0) is 31.9 Å². The van der Waals surface area contributed by atoms with Crippen LogP contribution < -0.4 is 5.32 Å². The SMILES string of the molecule is C[C@@H](C(=O)OCC(=O)Nc1cccc(Cl)c1Cl)N1C(=O)C2CCCCC2C1=O. The number of hydrogen-bond donors (Lipinski definition) is 1. The third kappa shape index (κ3) is 4.00. The molecule has 1 aliphatic carbocycles.